The highest BCUT2D eigenvalue weighted by Gasteiger charge is 2.46. The van der Waals surface area contributed by atoms with Crippen molar-refractivity contribution >= 4 is 0 Å². The van der Waals surface area contributed by atoms with E-state index < -0.39 is 0 Å². The number of para-hydroxylation sites is 1. The van der Waals surface area contributed by atoms with Crippen molar-refractivity contribution in [1.82, 2.24) is 15.0 Å². The van der Waals surface area contributed by atoms with Gasteiger partial charge in [-0.05, 0) is 43.5 Å². The largest absolute Gasteiger partial charge is 0.484 e. The lowest BCUT2D eigenvalue weighted by molar-refractivity contribution is 0.239. The van der Waals surface area contributed by atoms with E-state index in [9.17, 15) is 0 Å². The first-order chi connectivity index (χ1) is 13.4. The van der Waals surface area contributed by atoms with Crippen LogP contribution in [-0.2, 0) is 6.61 Å². The van der Waals surface area contributed by atoms with Crippen LogP contribution < -0.4 is 4.74 Å². The Bertz CT molecular complexity index is 881. The molecule has 27 heavy (non-hydrogen) atoms. The zero-order valence-electron chi connectivity index (χ0n) is 15.2. The van der Waals surface area contributed by atoms with Crippen molar-refractivity contribution in [3.8, 4) is 5.75 Å². The van der Waals surface area contributed by atoms with Gasteiger partial charge in [-0.1, -0.05) is 53.7 Å². The predicted molar refractivity (Wildman–Crippen MR) is 101 cm³/mol. The van der Waals surface area contributed by atoms with Gasteiger partial charge in [0, 0.05) is 18.0 Å². The van der Waals surface area contributed by atoms with E-state index in [0.717, 1.165) is 24.5 Å². The second-order valence-electron chi connectivity index (χ2n) is 7.36. The zero-order chi connectivity index (χ0) is 18.1. The van der Waals surface area contributed by atoms with Crippen LogP contribution in [0.3, 0.4) is 0 Å². The molecule has 0 saturated carbocycles. The second-order valence-corrected chi connectivity index (χ2v) is 7.36. The Labute approximate surface area is 159 Å². The maximum Gasteiger partial charge on any atom is 0.264 e. The van der Waals surface area contributed by atoms with E-state index in [2.05, 4.69) is 45.4 Å². The van der Waals surface area contributed by atoms with Gasteiger partial charge in [-0.3, -0.25) is 4.90 Å². The molecular weight excluding hydrogens is 338 g/mol. The maximum absolute atomic E-state index is 5.74. The highest BCUT2D eigenvalue weighted by Crippen LogP contribution is 2.48. The summed E-state index contributed by atoms with van der Waals surface area (Å²) in [5.41, 5.74) is 1.39. The molecule has 2 aromatic carbocycles. The molecule has 2 fully saturated rings. The van der Waals surface area contributed by atoms with Crippen LogP contribution in [0.15, 0.2) is 65.2 Å². The van der Waals surface area contributed by atoms with Gasteiger partial charge in [0.15, 0.2) is 12.4 Å². The van der Waals surface area contributed by atoms with E-state index in [0.29, 0.717) is 30.5 Å². The summed E-state index contributed by atoms with van der Waals surface area (Å²) in [7, 11) is 0. The van der Waals surface area contributed by atoms with Gasteiger partial charge in [0.2, 0.25) is 0 Å². The van der Waals surface area contributed by atoms with Gasteiger partial charge in [0.05, 0.1) is 0 Å². The third-order valence-corrected chi connectivity index (χ3v) is 5.79. The molecule has 0 amide bonds. The lowest BCUT2D eigenvalue weighted by atomic mass is 9.94. The molecule has 3 aromatic rings. The Hall–Kier alpha value is -2.66. The van der Waals surface area contributed by atoms with Crippen molar-refractivity contribution in [2.24, 2.45) is 0 Å². The molecule has 1 aromatic heterocycles. The van der Waals surface area contributed by atoms with Crippen molar-refractivity contribution in [1.29, 1.82) is 0 Å². The summed E-state index contributed by atoms with van der Waals surface area (Å²) in [6, 6.07) is 21.5. The molecule has 0 spiro atoms. The monoisotopic (exact) mass is 361 g/mol. The molecule has 5 heteroatoms. The SMILES string of the molecule is c1ccc(OCc2nc([C@H]3C[C@@H](c4ccccc4)N4CCC[C@H]34)no2)cc1. The molecule has 3 atom stereocenters. The molecule has 2 saturated heterocycles. The molecule has 5 nitrogen and oxygen atoms in total. The average molecular weight is 361 g/mol. The number of hydrogen-bond acceptors (Lipinski definition) is 5. The van der Waals surface area contributed by atoms with Gasteiger partial charge in [-0.15, -0.1) is 0 Å². The fourth-order valence-corrected chi connectivity index (χ4v) is 4.59. The lowest BCUT2D eigenvalue weighted by Crippen LogP contribution is -2.27. The first kappa shape index (κ1) is 16.5. The number of fused-ring (bicyclic) bond motifs is 1. The Kier molecular flexibility index (Phi) is 4.38. The lowest BCUT2D eigenvalue weighted by Gasteiger charge is -2.24. The molecule has 0 unspecified atom stereocenters. The fraction of sp³-hybridized carbons (Fsp3) is 0.364. The van der Waals surface area contributed by atoms with E-state index in [1.165, 1.54) is 18.4 Å². The molecule has 138 valence electrons. The highest BCUT2D eigenvalue weighted by atomic mass is 16.5. The van der Waals surface area contributed by atoms with Gasteiger partial charge in [0.25, 0.3) is 5.89 Å². The summed E-state index contributed by atoms with van der Waals surface area (Å²) >= 11 is 0. The van der Waals surface area contributed by atoms with Gasteiger partial charge in [0.1, 0.15) is 5.75 Å². The smallest absolute Gasteiger partial charge is 0.264 e. The molecule has 3 heterocycles. The average Bonchev–Trinajstić information content (AvgIpc) is 3.44. The van der Waals surface area contributed by atoms with Crippen LogP contribution in [0.25, 0.3) is 0 Å². The minimum absolute atomic E-state index is 0.306. The molecule has 2 aliphatic heterocycles. The third kappa shape index (κ3) is 3.23. The first-order valence-electron chi connectivity index (χ1n) is 9.69. The number of hydrogen-bond donors (Lipinski definition) is 0. The van der Waals surface area contributed by atoms with Gasteiger partial charge in [-0.25, -0.2) is 0 Å². The summed E-state index contributed by atoms with van der Waals surface area (Å²) in [6.45, 7) is 1.46. The van der Waals surface area contributed by atoms with Gasteiger partial charge < -0.3 is 9.26 Å². The molecule has 2 aliphatic rings. The number of ether oxygens (including phenoxy) is 1. The number of benzene rings is 2. The summed E-state index contributed by atoms with van der Waals surface area (Å²) in [4.78, 5) is 7.30. The molecule has 5 rings (SSSR count). The maximum atomic E-state index is 5.74. The summed E-state index contributed by atoms with van der Waals surface area (Å²) in [5, 5.41) is 4.31. The van der Waals surface area contributed by atoms with Crippen LogP contribution in [0.5, 0.6) is 5.75 Å². The highest BCUT2D eigenvalue weighted by molar-refractivity contribution is 5.24. The van der Waals surface area contributed by atoms with Crippen LogP contribution in [0.4, 0.5) is 0 Å². The third-order valence-electron chi connectivity index (χ3n) is 5.79. The van der Waals surface area contributed by atoms with Crippen LogP contribution in [0.1, 0.15) is 48.5 Å². The number of nitrogens with zero attached hydrogens (tertiary/aromatic N) is 3. The minimum Gasteiger partial charge on any atom is -0.484 e. The van der Waals surface area contributed by atoms with Crippen molar-refractivity contribution in [2.75, 3.05) is 6.54 Å². The van der Waals surface area contributed by atoms with E-state index in [1.807, 2.05) is 30.3 Å². The molecular formula is C22H23N3O2. The van der Waals surface area contributed by atoms with E-state index in [1.54, 1.807) is 0 Å². The standard InChI is InChI=1S/C22H23N3O2/c1-3-8-16(9-4-1)20-14-18(19-12-7-13-25(19)20)22-23-21(27-24-22)15-26-17-10-5-2-6-11-17/h1-6,8-11,18-20H,7,12-15H2/t18-,19+,20-/m0/s1. The minimum atomic E-state index is 0.306. The van der Waals surface area contributed by atoms with Crippen LogP contribution in [0.2, 0.25) is 0 Å². The van der Waals surface area contributed by atoms with Crippen molar-refractivity contribution in [3.63, 3.8) is 0 Å². The van der Waals surface area contributed by atoms with Crippen molar-refractivity contribution < 1.29 is 9.26 Å². The number of rotatable bonds is 5. The summed E-state index contributed by atoms with van der Waals surface area (Å²) in [5.74, 6) is 2.51. The van der Waals surface area contributed by atoms with Crippen LogP contribution in [-0.4, -0.2) is 27.6 Å². The second kappa shape index (κ2) is 7.16. The Morgan fingerprint density at radius 1 is 1.04 bits per heavy atom. The summed E-state index contributed by atoms with van der Waals surface area (Å²) < 4.78 is 11.2. The molecule has 0 N–H and O–H groups in total. The fourth-order valence-electron chi connectivity index (χ4n) is 4.59. The van der Waals surface area contributed by atoms with Crippen LogP contribution >= 0.6 is 0 Å². The molecule has 0 bridgehead atoms. The van der Waals surface area contributed by atoms with Crippen LogP contribution in [0, 0.1) is 0 Å². The zero-order valence-corrected chi connectivity index (χ0v) is 15.2. The Balaban J connectivity index is 1.32. The van der Waals surface area contributed by atoms with E-state index in [4.69, 9.17) is 9.26 Å². The van der Waals surface area contributed by atoms with E-state index in [-0.39, 0.29) is 0 Å². The Morgan fingerprint density at radius 2 is 1.81 bits per heavy atom. The number of aromatic nitrogens is 2. The normalized spacial score (nSPS) is 24.8. The Morgan fingerprint density at radius 3 is 2.63 bits per heavy atom. The van der Waals surface area contributed by atoms with E-state index >= 15 is 0 Å². The quantitative estimate of drug-likeness (QED) is 0.676. The predicted octanol–water partition coefficient (Wildman–Crippen LogP) is 4.34. The van der Waals surface area contributed by atoms with Gasteiger partial charge in [-0.2, -0.15) is 4.98 Å². The van der Waals surface area contributed by atoms with Gasteiger partial charge >= 0.3 is 0 Å². The first-order valence-corrected chi connectivity index (χ1v) is 9.69. The van der Waals surface area contributed by atoms with Crippen molar-refractivity contribution in [3.05, 3.63) is 77.9 Å². The summed E-state index contributed by atoms with van der Waals surface area (Å²) in [6.07, 6.45) is 3.50. The molecule has 0 aliphatic carbocycles. The topological polar surface area (TPSA) is 51.4 Å². The van der Waals surface area contributed by atoms with Crippen molar-refractivity contribution in [2.45, 2.75) is 43.9 Å². The molecule has 0 radical (unpaired) electrons.